The number of hydrogen-bond donors (Lipinski definition) is 0. The number of thioether (sulfide) groups is 2. The molecular formula is C11H16ClN7S2. The van der Waals surface area contributed by atoms with Crippen molar-refractivity contribution in [3.63, 3.8) is 0 Å². The summed E-state index contributed by atoms with van der Waals surface area (Å²) in [5.41, 5.74) is 1.33. The average Bonchev–Trinajstić information content (AvgIpc) is 2.47. The summed E-state index contributed by atoms with van der Waals surface area (Å²) < 4.78 is 0. The van der Waals surface area contributed by atoms with Gasteiger partial charge in [-0.15, -0.1) is 22.6 Å². The van der Waals surface area contributed by atoms with Crippen LogP contribution < -0.4 is 0 Å². The van der Waals surface area contributed by atoms with Crippen LogP contribution in [0.1, 0.15) is 0 Å². The molecule has 0 aliphatic rings. The number of nitrogens with zero attached hydrogens (tertiary/aromatic N) is 7. The van der Waals surface area contributed by atoms with E-state index in [4.69, 9.17) is 0 Å². The van der Waals surface area contributed by atoms with E-state index in [2.05, 4.69) is 35.3 Å². The van der Waals surface area contributed by atoms with Gasteiger partial charge in [0.2, 0.25) is 10.3 Å². The van der Waals surface area contributed by atoms with Crippen molar-refractivity contribution < 1.29 is 0 Å². The first-order chi connectivity index (χ1) is 9.69. The summed E-state index contributed by atoms with van der Waals surface area (Å²) in [7, 11) is 4.07. The van der Waals surface area contributed by atoms with Crippen molar-refractivity contribution in [2.45, 2.75) is 10.3 Å². The number of halogens is 1. The molecule has 0 aliphatic heterocycles. The Morgan fingerprint density at radius 3 is 2.14 bits per heavy atom. The highest BCUT2D eigenvalue weighted by Gasteiger charge is 2.07. The second-order valence-electron chi connectivity index (χ2n) is 4.10. The van der Waals surface area contributed by atoms with Gasteiger partial charge in [0.25, 0.3) is 0 Å². The summed E-state index contributed by atoms with van der Waals surface area (Å²) in [6, 6.07) is 0. The van der Waals surface area contributed by atoms with Gasteiger partial charge in [-0.3, -0.25) is 0 Å². The van der Waals surface area contributed by atoms with Gasteiger partial charge in [-0.2, -0.15) is 10.2 Å². The summed E-state index contributed by atoms with van der Waals surface area (Å²) in [5.74, 6) is 0.913. The maximum Gasteiger partial charge on any atom is 0.209 e. The monoisotopic (exact) mass is 345 g/mol. The van der Waals surface area contributed by atoms with Gasteiger partial charge in [-0.05, 0) is 20.4 Å². The van der Waals surface area contributed by atoms with Crippen LogP contribution in [0.25, 0.3) is 11.4 Å². The molecule has 21 heavy (non-hydrogen) atoms. The van der Waals surface area contributed by atoms with Crippen LogP contribution in [0.2, 0.25) is 0 Å². The molecule has 0 aliphatic carbocycles. The SMILES string of the molecule is CSc1nncc(-c2cnnc(SCCN(C)C)n2)n1.Cl. The lowest BCUT2D eigenvalue weighted by Gasteiger charge is -2.07. The minimum absolute atomic E-state index is 0. The van der Waals surface area contributed by atoms with E-state index in [0.717, 1.165) is 12.3 Å². The first-order valence-electron chi connectivity index (χ1n) is 5.90. The van der Waals surface area contributed by atoms with Gasteiger partial charge in [-0.25, -0.2) is 9.97 Å². The van der Waals surface area contributed by atoms with E-state index >= 15 is 0 Å². The molecule has 0 atom stereocenters. The fourth-order valence-corrected chi connectivity index (χ4v) is 2.51. The molecule has 2 rings (SSSR count). The molecule has 2 heterocycles. The molecule has 0 N–H and O–H groups in total. The normalized spacial score (nSPS) is 10.5. The molecule has 2 aromatic heterocycles. The van der Waals surface area contributed by atoms with Crippen LogP contribution in [0.15, 0.2) is 22.7 Å². The molecule has 0 fully saturated rings. The van der Waals surface area contributed by atoms with Crippen molar-refractivity contribution in [1.82, 2.24) is 35.3 Å². The van der Waals surface area contributed by atoms with E-state index in [1.54, 1.807) is 24.2 Å². The minimum Gasteiger partial charge on any atom is -0.309 e. The highest BCUT2D eigenvalue weighted by molar-refractivity contribution is 7.99. The van der Waals surface area contributed by atoms with Crippen molar-refractivity contribution in [2.24, 2.45) is 0 Å². The van der Waals surface area contributed by atoms with Crippen LogP contribution >= 0.6 is 35.9 Å². The molecule has 7 nitrogen and oxygen atoms in total. The Morgan fingerprint density at radius 1 is 1.00 bits per heavy atom. The predicted octanol–water partition coefficient (Wildman–Crippen LogP) is 1.52. The third kappa shape index (κ3) is 5.70. The van der Waals surface area contributed by atoms with Crippen molar-refractivity contribution >= 4 is 35.9 Å². The zero-order valence-corrected chi connectivity index (χ0v) is 14.4. The minimum atomic E-state index is 0. The fraction of sp³-hybridized carbons (Fsp3) is 0.455. The van der Waals surface area contributed by atoms with E-state index in [1.165, 1.54) is 11.8 Å². The molecule has 0 aromatic carbocycles. The lowest BCUT2D eigenvalue weighted by molar-refractivity contribution is 0.437. The first kappa shape index (κ1) is 18.0. The van der Waals surface area contributed by atoms with Crippen LogP contribution in [0.3, 0.4) is 0 Å². The predicted molar refractivity (Wildman–Crippen MR) is 87.0 cm³/mol. The Morgan fingerprint density at radius 2 is 1.57 bits per heavy atom. The average molecular weight is 346 g/mol. The Bertz CT molecular complexity index is 570. The Balaban J connectivity index is 0.00000220. The smallest absolute Gasteiger partial charge is 0.209 e. The van der Waals surface area contributed by atoms with Gasteiger partial charge < -0.3 is 4.90 Å². The second kappa shape index (κ2) is 9.08. The molecule has 0 saturated carbocycles. The Labute approximate surface area is 138 Å². The molecule has 0 unspecified atom stereocenters. The van der Waals surface area contributed by atoms with Crippen molar-refractivity contribution in [3.05, 3.63) is 12.4 Å². The van der Waals surface area contributed by atoms with Gasteiger partial charge in [0.15, 0.2) is 0 Å². The molecule has 0 saturated heterocycles. The largest absolute Gasteiger partial charge is 0.309 e. The summed E-state index contributed by atoms with van der Waals surface area (Å²) >= 11 is 3.01. The zero-order chi connectivity index (χ0) is 14.4. The molecule has 10 heteroatoms. The summed E-state index contributed by atoms with van der Waals surface area (Å²) in [5, 5.41) is 17.1. The standard InChI is InChI=1S/C11H15N7S2.ClH/c1-18(2)4-5-20-11-15-9(7-13-17-11)8-6-12-16-10(14-8)19-3;/h6-7H,4-5H2,1-3H3;1H. The highest BCUT2D eigenvalue weighted by Crippen LogP contribution is 2.18. The number of hydrogen-bond acceptors (Lipinski definition) is 9. The second-order valence-corrected chi connectivity index (χ2v) is 5.94. The molecule has 0 radical (unpaired) electrons. The van der Waals surface area contributed by atoms with Crippen molar-refractivity contribution in [2.75, 3.05) is 32.6 Å². The highest BCUT2D eigenvalue weighted by atomic mass is 35.5. The van der Waals surface area contributed by atoms with E-state index in [-0.39, 0.29) is 12.4 Å². The van der Waals surface area contributed by atoms with Gasteiger partial charge in [0.1, 0.15) is 11.4 Å². The van der Waals surface area contributed by atoms with Gasteiger partial charge in [0, 0.05) is 12.3 Å². The Kier molecular flexibility index (Phi) is 7.79. The topological polar surface area (TPSA) is 80.6 Å². The maximum absolute atomic E-state index is 4.45. The van der Waals surface area contributed by atoms with Crippen molar-refractivity contribution in [1.29, 1.82) is 0 Å². The van der Waals surface area contributed by atoms with Gasteiger partial charge >= 0.3 is 0 Å². The van der Waals surface area contributed by atoms with Crippen molar-refractivity contribution in [3.8, 4) is 11.4 Å². The van der Waals surface area contributed by atoms with Crippen LogP contribution in [0.4, 0.5) is 0 Å². The maximum atomic E-state index is 4.45. The van der Waals surface area contributed by atoms with Gasteiger partial charge in [0.05, 0.1) is 12.4 Å². The summed E-state index contributed by atoms with van der Waals surface area (Å²) in [6.07, 6.45) is 5.07. The molecule has 0 bridgehead atoms. The van der Waals surface area contributed by atoms with Crippen LogP contribution in [0.5, 0.6) is 0 Å². The van der Waals surface area contributed by atoms with E-state index in [0.29, 0.717) is 21.7 Å². The molecule has 2 aromatic rings. The Hall–Kier alpha value is -1.03. The fourth-order valence-electron chi connectivity index (χ4n) is 1.29. The van der Waals surface area contributed by atoms with Gasteiger partial charge in [-0.1, -0.05) is 23.5 Å². The van der Waals surface area contributed by atoms with E-state index in [1.807, 2.05) is 20.4 Å². The zero-order valence-electron chi connectivity index (χ0n) is 11.9. The summed E-state index contributed by atoms with van der Waals surface area (Å²) in [4.78, 5) is 10.9. The third-order valence-corrected chi connectivity index (χ3v) is 3.65. The molecule has 114 valence electrons. The van der Waals surface area contributed by atoms with E-state index in [9.17, 15) is 0 Å². The first-order valence-corrected chi connectivity index (χ1v) is 8.11. The molecular weight excluding hydrogens is 330 g/mol. The lowest BCUT2D eigenvalue weighted by Crippen LogP contribution is -2.15. The molecule has 0 amide bonds. The summed E-state index contributed by atoms with van der Waals surface area (Å²) in [6.45, 7) is 0.962. The quantitative estimate of drug-likeness (QED) is 0.723. The van der Waals surface area contributed by atoms with Crippen LogP contribution in [-0.4, -0.2) is 67.9 Å². The van der Waals surface area contributed by atoms with Crippen LogP contribution in [-0.2, 0) is 0 Å². The number of aromatic nitrogens is 6. The van der Waals surface area contributed by atoms with E-state index < -0.39 is 0 Å². The molecule has 0 spiro atoms. The van der Waals surface area contributed by atoms with Crippen LogP contribution in [0, 0.1) is 0 Å². The number of rotatable bonds is 6. The lowest BCUT2D eigenvalue weighted by atomic mass is 10.3. The third-order valence-electron chi connectivity index (χ3n) is 2.29.